The van der Waals surface area contributed by atoms with Crippen LogP contribution in [0.2, 0.25) is 0 Å². The quantitative estimate of drug-likeness (QED) is 0.924. The standard InChI is InChI=1S/C14H14BrN3/c15-12-4-2-1-3-9(12)13-7-17-8-18(13)14-10-5-16-6-11(10)14/h1-4,7-8,10-11,14,16H,5-6H2. The van der Waals surface area contributed by atoms with E-state index in [0.717, 1.165) is 29.4 Å². The molecule has 92 valence electrons. The van der Waals surface area contributed by atoms with E-state index in [9.17, 15) is 0 Å². The third-order valence-electron chi connectivity index (χ3n) is 4.18. The largest absolute Gasteiger partial charge is 0.327 e. The van der Waals surface area contributed by atoms with Gasteiger partial charge in [0.1, 0.15) is 0 Å². The zero-order valence-electron chi connectivity index (χ0n) is 9.88. The number of hydrogen-bond donors (Lipinski definition) is 1. The van der Waals surface area contributed by atoms with Gasteiger partial charge in [0.2, 0.25) is 0 Å². The van der Waals surface area contributed by atoms with E-state index in [-0.39, 0.29) is 0 Å². The molecule has 2 fully saturated rings. The number of hydrogen-bond acceptors (Lipinski definition) is 2. The first-order valence-electron chi connectivity index (χ1n) is 6.34. The van der Waals surface area contributed by atoms with Crippen molar-refractivity contribution in [3.63, 3.8) is 0 Å². The molecule has 2 aliphatic rings. The maximum atomic E-state index is 4.35. The highest BCUT2D eigenvalue weighted by molar-refractivity contribution is 9.10. The van der Waals surface area contributed by atoms with Gasteiger partial charge in [-0.2, -0.15) is 0 Å². The van der Waals surface area contributed by atoms with Gasteiger partial charge in [-0.15, -0.1) is 0 Å². The third-order valence-corrected chi connectivity index (χ3v) is 4.88. The topological polar surface area (TPSA) is 29.9 Å². The molecule has 1 aromatic carbocycles. The highest BCUT2D eigenvalue weighted by atomic mass is 79.9. The number of benzene rings is 1. The van der Waals surface area contributed by atoms with E-state index in [0.29, 0.717) is 6.04 Å². The van der Waals surface area contributed by atoms with Gasteiger partial charge in [-0.25, -0.2) is 4.98 Å². The van der Waals surface area contributed by atoms with Crippen molar-refractivity contribution < 1.29 is 0 Å². The smallest absolute Gasteiger partial charge is 0.0953 e. The Morgan fingerprint density at radius 2 is 2.00 bits per heavy atom. The summed E-state index contributed by atoms with van der Waals surface area (Å²) in [6.07, 6.45) is 3.96. The van der Waals surface area contributed by atoms with Gasteiger partial charge in [0.25, 0.3) is 0 Å². The molecule has 1 N–H and O–H groups in total. The summed E-state index contributed by atoms with van der Waals surface area (Å²) in [6, 6.07) is 9.00. The summed E-state index contributed by atoms with van der Waals surface area (Å²) in [6.45, 7) is 2.31. The Labute approximate surface area is 114 Å². The van der Waals surface area contributed by atoms with Crippen LogP contribution in [0, 0.1) is 11.8 Å². The van der Waals surface area contributed by atoms with Crippen LogP contribution >= 0.6 is 15.9 Å². The lowest BCUT2D eigenvalue weighted by Gasteiger charge is -2.11. The van der Waals surface area contributed by atoms with Crippen molar-refractivity contribution in [2.75, 3.05) is 13.1 Å². The summed E-state index contributed by atoms with van der Waals surface area (Å²) in [4.78, 5) is 4.35. The van der Waals surface area contributed by atoms with Crippen LogP contribution in [0.5, 0.6) is 0 Å². The van der Waals surface area contributed by atoms with Crippen molar-refractivity contribution in [3.8, 4) is 11.3 Å². The van der Waals surface area contributed by atoms with Crippen LogP contribution in [0.15, 0.2) is 41.3 Å². The molecule has 1 aromatic heterocycles. The van der Waals surface area contributed by atoms with E-state index in [1.54, 1.807) is 0 Å². The first kappa shape index (κ1) is 10.8. The van der Waals surface area contributed by atoms with Crippen molar-refractivity contribution >= 4 is 15.9 Å². The van der Waals surface area contributed by atoms with Crippen LogP contribution in [0.4, 0.5) is 0 Å². The third kappa shape index (κ3) is 1.49. The first-order chi connectivity index (χ1) is 8.86. The molecule has 4 heteroatoms. The van der Waals surface area contributed by atoms with Crippen LogP contribution in [-0.2, 0) is 0 Å². The van der Waals surface area contributed by atoms with E-state index in [1.165, 1.54) is 11.3 Å². The summed E-state index contributed by atoms with van der Waals surface area (Å²) in [5, 5.41) is 3.44. The van der Waals surface area contributed by atoms with Gasteiger partial charge >= 0.3 is 0 Å². The Kier molecular flexibility index (Phi) is 2.35. The Balaban J connectivity index is 1.75. The normalized spacial score (nSPS) is 29.3. The molecule has 0 amide bonds. The Hall–Kier alpha value is -1.13. The fourth-order valence-corrected chi connectivity index (χ4v) is 3.71. The fraction of sp³-hybridized carbons (Fsp3) is 0.357. The second kappa shape index (κ2) is 3.93. The summed E-state index contributed by atoms with van der Waals surface area (Å²) < 4.78 is 3.49. The number of piperidine rings is 1. The van der Waals surface area contributed by atoms with Crippen molar-refractivity contribution in [1.29, 1.82) is 0 Å². The zero-order chi connectivity index (χ0) is 12.1. The van der Waals surface area contributed by atoms with Crippen molar-refractivity contribution in [2.45, 2.75) is 6.04 Å². The maximum Gasteiger partial charge on any atom is 0.0953 e. The number of imidazole rings is 1. The fourth-order valence-electron chi connectivity index (χ4n) is 3.22. The molecular weight excluding hydrogens is 290 g/mol. The molecule has 1 saturated carbocycles. The van der Waals surface area contributed by atoms with Gasteiger partial charge in [0.15, 0.2) is 0 Å². The van der Waals surface area contributed by atoms with E-state index >= 15 is 0 Å². The van der Waals surface area contributed by atoms with Crippen LogP contribution in [0.3, 0.4) is 0 Å². The van der Waals surface area contributed by atoms with Gasteiger partial charge in [-0.1, -0.05) is 34.1 Å². The van der Waals surface area contributed by atoms with Crippen LogP contribution < -0.4 is 5.32 Å². The molecule has 1 aliphatic heterocycles. The molecule has 2 atom stereocenters. The van der Waals surface area contributed by atoms with Gasteiger partial charge in [-0.05, 0) is 17.9 Å². The number of nitrogens with one attached hydrogen (secondary N) is 1. The lowest BCUT2D eigenvalue weighted by Crippen LogP contribution is -2.16. The van der Waals surface area contributed by atoms with Crippen LogP contribution in [0.1, 0.15) is 6.04 Å². The molecule has 0 bridgehead atoms. The van der Waals surface area contributed by atoms with E-state index < -0.39 is 0 Å². The molecule has 0 spiro atoms. The van der Waals surface area contributed by atoms with Gasteiger partial charge < -0.3 is 9.88 Å². The zero-order valence-corrected chi connectivity index (χ0v) is 11.5. The summed E-state index contributed by atoms with van der Waals surface area (Å²) >= 11 is 3.63. The number of rotatable bonds is 2. The van der Waals surface area contributed by atoms with E-state index in [1.807, 2.05) is 18.6 Å². The highest BCUT2D eigenvalue weighted by Crippen LogP contribution is 2.53. The SMILES string of the molecule is Brc1ccccc1-c1cncn1C1C2CNCC21. The van der Waals surface area contributed by atoms with Gasteiger partial charge in [0, 0.05) is 29.2 Å². The molecule has 0 radical (unpaired) electrons. The Morgan fingerprint density at radius 1 is 1.22 bits per heavy atom. The van der Waals surface area contributed by atoms with Gasteiger partial charge in [-0.3, -0.25) is 0 Å². The summed E-state index contributed by atoms with van der Waals surface area (Å²) in [7, 11) is 0. The number of nitrogens with zero attached hydrogens (tertiary/aromatic N) is 2. The molecular formula is C14H14BrN3. The van der Waals surface area contributed by atoms with Crippen molar-refractivity contribution in [2.24, 2.45) is 11.8 Å². The molecule has 2 heterocycles. The molecule has 18 heavy (non-hydrogen) atoms. The van der Waals surface area contributed by atoms with Crippen molar-refractivity contribution in [3.05, 3.63) is 41.3 Å². The van der Waals surface area contributed by atoms with Gasteiger partial charge in [0.05, 0.1) is 18.2 Å². The minimum absolute atomic E-state index is 0.649. The first-order valence-corrected chi connectivity index (χ1v) is 7.13. The maximum absolute atomic E-state index is 4.35. The highest BCUT2D eigenvalue weighted by Gasteiger charge is 2.54. The Bertz CT molecular complexity index is 582. The molecule has 2 aromatic rings. The van der Waals surface area contributed by atoms with E-state index in [2.05, 4.69) is 49.0 Å². The number of aromatic nitrogens is 2. The second-order valence-electron chi connectivity index (χ2n) is 5.14. The number of halogens is 1. The molecule has 1 saturated heterocycles. The predicted octanol–water partition coefficient (Wildman–Crippen LogP) is 2.70. The molecule has 1 aliphatic carbocycles. The molecule has 4 rings (SSSR count). The van der Waals surface area contributed by atoms with E-state index in [4.69, 9.17) is 0 Å². The van der Waals surface area contributed by atoms with Crippen molar-refractivity contribution in [1.82, 2.24) is 14.9 Å². The monoisotopic (exact) mass is 303 g/mol. The predicted molar refractivity (Wildman–Crippen MR) is 74.2 cm³/mol. The number of fused-ring (bicyclic) bond motifs is 1. The average Bonchev–Trinajstić information content (AvgIpc) is 2.82. The lowest BCUT2D eigenvalue weighted by molar-refractivity contribution is 0.573. The lowest BCUT2D eigenvalue weighted by atomic mass is 10.1. The van der Waals surface area contributed by atoms with Crippen LogP contribution in [-0.4, -0.2) is 22.6 Å². The molecule has 3 nitrogen and oxygen atoms in total. The minimum Gasteiger partial charge on any atom is -0.327 e. The minimum atomic E-state index is 0.649. The summed E-state index contributed by atoms with van der Waals surface area (Å²) in [5.41, 5.74) is 2.45. The van der Waals surface area contributed by atoms with Crippen LogP contribution in [0.25, 0.3) is 11.3 Å². The molecule has 2 unspecified atom stereocenters. The summed E-state index contributed by atoms with van der Waals surface area (Å²) in [5.74, 6) is 1.61. The second-order valence-corrected chi connectivity index (χ2v) is 6.00. The Morgan fingerprint density at radius 3 is 2.78 bits per heavy atom. The average molecular weight is 304 g/mol.